The van der Waals surface area contributed by atoms with Gasteiger partial charge in [0.1, 0.15) is 18.8 Å². The topological polar surface area (TPSA) is 54.8 Å². The van der Waals surface area contributed by atoms with Gasteiger partial charge >= 0.3 is 0 Å². The van der Waals surface area contributed by atoms with E-state index in [4.69, 9.17) is 4.74 Å². The molecule has 0 N–H and O–H groups in total. The quantitative estimate of drug-likeness (QED) is 0.317. The molecule has 1 amide bonds. The lowest BCUT2D eigenvalue weighted by Crippen LogP contribution is -2.62. The van der Waals surface area contributed by atoms with E-state index in [1.165, 1.54) is 12.1 Å². The number of nitrogens with zero attached hydrogens (tertiary/aromatic N) is 3. The smallest absolute Gasteiger partial charge is 0.277 e. The molecule has 0 spiro atoms. The predicted molar refractivity (Wildman–Crippen MR) is 154 cm³/mol. The van der Waals surface area contributed by atoms with Crippen LogP contribution in [0.1, 0.15) is 51.1 Å². The number of carbonyl (C=O) groups excluding carboxylic acids is 1. The molecule has 0 radical (unpaired) electrons. The van der Waals surface area contributed by atoms with Gasteiger partial charge in [0.05, 0.1) is 0 Å². The average Bonchev–Trinajstić information content (AvgIpc) is 3.68. The molecule has 0 bridgehead atoms. The van der Waals surface area contributed by atoms with Gasteiger partial charge in [-0.25, -0.2) is 8.78 Å². The lowest BCUT2D eigenvalue weighted by atomic mass is 9.83. The number of hydrogen-bond acceptors (Lipinski definition) is 4. The average molecular weight is 564 g/mol. The highest BCUT2D eigenvalue weighted by Crippen LogP contribution is 2.56. The van der Waals surface area contributed by atoms with Gasteiger partial charge in [-0.1, -0.05) is 60.7 Å². The first-order chi connectivity index (χ1) is 20.5. The number of amides is 1. The van der Waals surface area contributed by atoms with Crippen LogP contribution in [0.15, 0.2) is 89.4 Å². The zero-order chi connectivity index (χ0) is 28.6. The molecule has 42 heavy (non-hydrogen) atoms. The molecule has 1 atom stereocenters. The fourth-order valence-corrected chi connectivity index (χ4v) is 6.89. The van der Waals surface area contributed by atoms with Gasteiger partial charge in [0, 0.05) is 24.4 Å². The molecule has 8 rings (SSSR count). The van der Waals surface area contributed by atoms with Crippen molar-refractivity contribution in [3.63, 3.8) is 0 Å². The molecule has 6 nitrogen and oxygen atoms in total. The third kappa shape index (κ3) is 3.54. The van der Waals surface area contributed by atoms with E-state index < -0.39 is 22.6 Å². The first-order valence-electron chi connectivity index (χ1n) is 14.2. The molecule has 1 aromatic heterocycles. The Bertz CT molecular complexity index is 1860. The number of carbonyl (C=O) groups is 1. The minimum atomic E-state index is -1.01. The molecule has 3 aliphatic carbocycles. The molecule has 3 aromatic carbocycles. The second-order valence-corrected chi connectivity index (χ2v) is 11.5. The number of pyridine rings is 1. The zero-order valence-electron chi connectivity index (χ0n) is 22.7. The van der Waals surface area contributed by atoms with Gasteiger partial charge in [-0.05, 0) is 65.1 Å². The molecule has 1 aliphatic heterocycles. The van der Waals surface area contributed by atoms with Crippen molar-refractivity contribution in [2.24, 2.45) is 5.92 Å². The van der Waals surface area contributed by atoms with Crippen LogP contribution in [0.5, 0.6) is 5.75 Å². The maximum absolute atomic E-state index is 15.3. The van der Waals surface area contributed by atoms with E-state index in [0.29, 0.717) is 24.4 Å². The van der Waals surface area contributed by atoms with Gasteiger partial charge in [0.25, 0.3) is 5.91 Å². The molecule has 1 unspecified atom stereocenters. The van der Waals surface area contributed by atoms with E-state index >= 15 is 4.39 Å². The maximum Gasteiger partial charge on any atom is 0.277 e. The second-order valence-electron chi connectivity index (χ2n) is 11.5. The minimum Gasteiger partial charge on any atom is -0.482 e. The molecular weight excluding hydrogens is 536 g/mol. The third-order valence-electron chi connectivity index (χ3n) is 8.97. The Balaban J connectivity index is 1.36. The van der Waals surface area contributed by atoms with Gasteiger partial charge in [-0.2, -0.15) is 0 Å². The summed E-state index contributed by atoms with van der Waals surface area (Å²) >= 11 is 0. The predicted octanol–water partition coefficient (Wildman–Crippen LogP) is 5.36. The fourth-order valence-electron chi connectivity index (χ4n) is 6.89. The number of benzene rings is 3. The molecule has 210 valence electrons. The summed E-state index contributed by atoms with van der Waals surface area (Å²) in [4.78, 5) is 29.2. The summed E-state index contributed by atoms with van der Waals surface area (Å²) in [5.74, 6) is -1.71. The van der Waals surface area contributed by atoms with Crippen molar-refractivity contribution in [2.45, 2.75) is 31.4 Å². The van der Waals surface area contributed by atoms with E-state index in [2.05, 4.69) is 0 Å². The van der Waals surface area contributed by atoms with Gasteiger partial charge in [-0.15, -0.1) is 0 Å². The van der Waals surface area contributed by atoms with Crippen molar-refractivity contribution in [1.29, 1.82) is 0 Å². The number of ether oxygens (including phenoxy) is 1. The number of rotatable bonds is 6. The molecule has 0 saturated heterocycles. The number of halogens is 2. The fraction of sp³-hybridized carbons (Fsp3) is 0.235. The first kappa shape index (κ1) is 25.0. The highest BCUT2D eigenvalue weighted by Gasteiger charge is 2.56. The summed E-state index contributed by atoms with van der Waals surface area (Å²) in [5, 5.41) is 2.03. The van der Waals surface area contributed by atoms with E-state index in [-0.39, 0.29) is 36.2 Å². The SMILES string of the molecule is O=C1c2c(OCc3ccccc3)c(=O)ccn2N(C23C(=Cc4c2ccc(F)c4F)Cc2ccccc23)CN1CC1CC1. The Morgan fingerprint density at radius 3 is 2.50 bits per heavy atom. The largest absolute Gasteiger partial charge is 0.482 e. The molecule has 8 heteroatoms. The van der Waals surface area contributed by atoms with Gasteiger partial charge in [0.2, 0.25) is 5.43 Å². The Morgan fingerprint density at radius 2 is 1.69 bits per heavy atom. The first-order valence-corrected chi connectivity index (χ1v) is 14.2. The van der Waals surface area contributed by atoms with Crippen LogP contribution in [0.2, 0.25) is 0 Å². The van der Waals surface area contributed by atoms with E-state index in [0.717, 1.165) is 35.1 Å². The van der Waals surface area contributed by atoms with Crippen LogP contribution in [-0.2, 0) is 18.6 Å². The van der Waals surface area contributed by atoms with Gasteiger partial charge < -0.3 is 9.64 Å². The molecule has 1 saturated carbocycles. The van der Waals surface area contributed by atoms with Crippen LogP contribution in [0.3, 0.4) is 0 Å². The zero-order valence-corrected chi connectivity index (χ0v) is 22.7. The number of aromatic nitrogens is 1. The third-order valence-corrected chi connectivity index (χ3v) is 8.97. The molecule has 4 aliphatic rings. The summed E-state index contributed by atoms with van der Waals surface area (Å²) in [6.07, 6.45) is 5.98. The van der Waals surface area contributed by atoms with Crippen LogP contribution in [-0.4, -0.2) is 28.7 Å². The van der Waals surface area contributed by atoms with Crippen molar-refractivity contribution in [3.8, 4) is 5.75 Å². The summed E-state index contributed by atoms with van der Waals surface area (Å²) < 4.78 is 37.7. The van der Waals surface area contributed by atoms with Crippen LogP contribution in [0.25, 0.3) is 6.08 Å². The van der Waals surface area contributed by atoms with Crippen molar-refractivity contribution in [1.82, 2.24) is 9.58 Å². The van der Waals surface area contributed by atoms with Crippen LogP contribution >= 0.6 is 0 Å². The van der Waals surface area contributed by atoms with Crippen LogP contribution in [0.4, 0.5) is 8.78 Å². The molecular formula is C34H27F2N3O3. The highest BCUT2D eigenvalue weighted by atomic mass is 19.2. The van der Waals surface area contributed by atoms with E-state index in [9.17, 15) is 14.0 Å². The Kier molecular flexibility index (Phi) is 5.45. The number of hydrogen-bond donors (Lipinski definition) is 0. The Labute approximate surface area is 241 Å². The van der Waals surface area contributed by atoms with Crippen molar-refractivity contribution < 1.29 is 18.3 Å². The van der Waals surface area contributed by atoms with Crippen LogP contribution in [0, 0.1) is 17.6 Å². The monoisotopic (exact) mass is 563 g/mol. The lowest BCUT2D eigenvalue weighted by Gasteiger charge is -2.49. The lowest BCUT2D eigenvalue weighted by molar-refractivity contribution is 0.0655. The summed E-state index contributed by atoms with van der Waals surface area (Å²) in [7, 11) is 0. The summed E-state index contributed by atoms with van der Waals surface area (Å²) in [6, 6.07) is 21.7. The van der Waals surface area contributed by atoms with E-state index in [1.807, 2.05) is 59.6 Å². The van der Waals surface area contributed by atoms with Gasteiger partial charge in [-0.3, -0.25) is 19.3 Å². The Hall–Kier alpha value is -4.72. The molecule has 2 heterocycles. The highest BCUT2D eigenvalue weighted by molar-refractivity contribution is 5.96. The van der Waals surface area contributed by atoms with E-state index in [1.54, 1.807) is 27.9 Å². The second kappa shape index (κ2) is 9.14. The summed E-state index contributed by atoms with van der Waals surface area (Å²) in [5.41, 5.74) is 3.34. The van der Waals surface area contributed by atoms with Crippen molar-refractivity contribution in [2.75, 3.05) is 18.2 Å². The standard InChI is InChI=1S/C34H27F2N3O3/c35-28-13-12-27-25(30(28)36)17-24-16-23-8-4-5-9-26(23)34(24,27)39-20-37(18-21-10-11-21)33(41)31-32(29(40)14-15-38(31)39)42-19-22-6-2-1-3-7-22/h1-9,12-15,17,21H,10-11,16,18-20H2. The van der Waals surface area contributed by atoms with Crippen LogP contribution < -0.4 is 15.2 Å². The molecule has 4 aromatic rings. The van der Waals surface area contributed by atoms with Crippen molar-refractivity contribution >= 4 is 12.0 Å². The summed E-state index contributed by atoms with van der Waals surface area (Å²) in [6.45, 7) is 0.862. The van der Waals surface area contributed by atoms with Gasteiger partial charge in [0.15, 0.2) is 23.1 Å². The van der Waals surface area contributed by atoms with Crippen molar-refractivity contribution in [3.05, 3.63) is 140 Å². The number of fused-ring (bicyclic) bond motifs is 6. The Morgan fingerprint density at radius 1 is 0.905 bits per heavy atom. The normalized spacial score (nSPS) is 20.1. The molecule has 1 fully saturated rings. The maximum atomic E-state index is 15.3. The minimum absolute atomic E-state index is 0.0198.